The lowest BCUT2D eigenvalue weighted by atomic mass is 9.87. The minimum Gasteiger partial charge on any atom is -0.307 e. The number of nitrogens with zero attached hydrogens (tertiary/aromatic N) is 3. The molecular weight excluding hydrogens is 212 g/mol. The Balaban J connectivity index is 1.58. The fraction of sp³-hybridized carbons (Fsp3) is 0.846. The maximum absolute atomic E-state index is 4.61. The zero-order valence-electron chi connectivity index (χ0n) is 10.6. The third-order valence-electron chi connectivity index (χ3n) is 3.97. The summed E-state index contributed by atoms with van der Waals surface area (Å²) in [7, 11) is 0. The van der Waals surface area contributed by atoms with Crippen molar-refractivity contribution in [2.75, 3.05) is 0 Å². The highest BCUT2D eigenvalue weighted by molar-refractivity contribution is 4.88. The first kappa shape index (κ1) is 11.2. The Labute approximate surface area is 103 Å². The highest BCUT2D eigenvalue weighted by atomic mass is 15.3. The molecule has 0 spiro atoms. The Morgan fingerprint density at radius 2 is 2.24 bits per heavy atom. The van der Waals surface area contributed by atoms with E-state index in [1.807, 2.05) is 6.33 Å². The molecule has 3 rings (SSSR count). The summed E-state index contributed by atoms with van der Waals surface area (Å²) in [6, 6.07) is 1.32. The van der Waals surface area contributed by atoms with Crippen molar-refractivity contribution in [2.45, 2.75) is 64.1 Å². The number of nitrogens with one attached hydrogen (secondary N) is 1. The van der Waals surface area contributed by atoms with Crippen LogP contribution in [0.5, 0.6) is 0 Å². The largest absolute Gasteiger partial charge is 0.307 e. The molecule has 0 aliphatic heterocycles. The average molecular weight is 234 g/mol. The zero-order chi connectivity index (χ0) is 11.7. The van der Waals surface area contributed by atoms with Gasteiger partial charge in [0.15, 0.2) is 5.82 Å². The van der Waals surface area contributed by atoms with Gasteiger partial charge in [0, 0.05) is 6.04 Å². The van der Waals surface area contributed by atoms with Crippen LogP contribution in [-0.2, 0) is 6.54 Å². The molecular formula is C13H22N4. The summed E-state index contributed by atoms with van der Waals surface area (Å²) in [6.45, 7) is 3.18. The summed E-state index contributed by atoms with van der Waals surface area (Å²) in [6.07, 6.45) is 9.80. The summed E-state index contributed by atoms with van der Waals surface area (Å²) in [4.78, 5) is 4.41. The summed E-state index contributed by atoms with van der Waals surface area (Å²) in [5.74, 6) is 1.79. The third-order valence-corrected chi connectivity index (χ3v) is 3.97. The number of hydrogen-bond acceptors (Lipinski definition) is 3. The molecule has 94 valence electrons. The minimum absolute atomic E-state index is 0.584. The second kappa shape index (κ2) is 4.77. The smallest absolute Gasteiger partial charge is 0.164 e. The van der Waals surface area contributed by atoms with E-state index >= 15 is 0 Å². The van der Waals surface area contributed by atoms with Crippen molar-refractivity contribution >= 4 is 0 Å². The molecule has 17 heavy (non-hydrogen) atoms. The monoisotopic (exact) mass is 234 g/mol. The Hall–Kier alpha value is -0.900. The predicted octanol–water partition coefficient (Wildman–Crippen LogP) is 2.28. The van der Waals surface area contributed by atoms with Crippen molar-refractivity contribution in [1.29, 1.82) is 0 Å². The molecule has 2 aliphatic rings. The lowest BCUT2D eigenvalue weighted by molar-refractivity contribution is 0.265. The molecule has 2 atom stereocenters. The first-order valence-electron chi connectivity index (χ1n) is 6.94. The minimum atomic E-state index is 0.584. The van der Waals surface area contributed by atoms with Crippen molar-refractivity contribution in [3.8, 4) is 0 Å². The van der Waals surface area contributed by atoms with Crippen LogP contribution < -0.4 is 5.32 Å². The van der Waals surface area contributed by atoms with Crippen LogP contribution in [0.15, 0.2) is 6.33 Å². The van der Waals surface area contributed by atoms with E-state index in [1.54, 1.807) is 0 Å². The third kappa shape index (κ3) is 2.86. The van der Waals surface area contributed by atoms with E-state index in [1.165, 1.54) is 38.5 Å². The lowest BCUT2D eigenvalue weighted by Gasteiger charge is -2.26. The summed E-state index contributed by atoms with van der Waals surface area (Å²) in [5.41, 5.74) is 0. The van der Waals surface area contributed by atoms with Crippen molar-refractivity contribution in [3.63, 3.8) is 0 Å². The number of hydrogen-bond donors (Lipinski definition) is 1. The average Bonchev–Trinajstić information content (AvgIpc) is 3.04. The van der Waals surface area contributed by atoms with Crippen LogP contribution in [0.1, 0.15) is 57.3 Å². The normalized spacial score (nSPS) is 29.5. The lowest BCUT2D eigenvalue weighted by Crippen LogP contribution is -2.19. The van der Waals surface area contributed by atoms with E-state index < -0.39 is 0 Å². The highest BCUT2D eigenvalue weighted by Gasteiger charge is 2.23. The predicted molar refractivity (Wildman–Crippen MR) is 66.6 cm³/mol. The summed E-state index contributed by atoms with van der Waals surface area (Å²) in [5, 5.41) is 8.07. The molecule has 0 saturated heterocycles. The van der Waals surface area contributed by atoms with E-state index in [2.05, 4.69) is 27.0 Å². The molecule has 1 aromatic heterocycles. The summed E-state index contributed by atoms with van der Waals surface area (Å²) < 4.78 is 2.10. The van der Waals surface area contributed by atoms with E-state index in [0.29, 0.717) is 6.04 Å². The van der Waals surface area contributed by atoms with Gasteiger partial charge < -0.3 is 5.32 Å². The molecule has 2 saturated carbocycles. The molecule has 1 N–H and O–H groups in total. The molecule has 0 bridgehead atoms. The van der Waals surface area contributed by atoms with Gasteiger partial charge in [0.2, 0.25) is 0 Å². The fourth-order valence-corrected chi connectivity index (χ4v) is 2.73. The Kier molecular flexibility index (Phi) is 3.14. The first-order valence-corrected chi connectivity index (χ1v) is 6.94. The van der Waals surface area contributed by atoms with Gasteiger partial charge >= 0.3 is 0 Å². The van der Waals surface area contributed by atoms with Crippen LogP contribution in [0.2, 0.25) is 0 Å². The van der Waals surface area contributed by atoms with Crippen LogP contribution in [0.25, 0.3) is 0 Å². The summed E-state index contributed by atoms with van der Waals surface area (Å²) >= 11 is 0. The SMILES string of the molecule is CC1CCCC(n2cnc(CNC3CC3)n2)C1. The van der Waals surface area contributed by atoms with Gasteiger partial charge in [0.25, 0.3) is 0 Å². The molecule has 2 unspecified atom stereocenters. The van der Waals surface area contributed by atoms with Gasteiger partial charge in [0.05, 0.1) is 12.6 Å². The maximum Gasteiger partial charge on any atom is 0.164 e. The topological polar surface area (TPSA) is 42.7 Å². The van der Waals surface area contributed by atoms with Crippen molar-refractivity contribution in [2.24, 2.45) is 5.92 Å². The highest BCUT2D eigenvalue weighted by Crippen LogP contribution is 2.31. The zero-order valence-corrected chi connectivity index (χ0v) is 10.6. The Morgan fingerprint density at radius 1 is 1.35 bits per heavy atom. The molecule has 1 aromatic rings. The van der Waals surface area contributed by atoms with Crippen LogP contribution in [0, 0.1) is 5.92 Å². The van der Waals surface area contributed by atoms with Crippen LogP contribution in [0.3, 0.4) is 0 Å². The number of rotatable bonds is 4. The van der Waals surface area contributed by atoms with Gasteiger partial charge in [-0.2, -0.15) is 5.10 Å². The molecule has 4 heteroatoms. The van der Waals surface area contributed by atoms with E-state index in [4.69, 9.17) is 0 Å². The molecule has 4 nitrogen and oxygen atoms in total. The Morgan fingerprint density at radius 3 is 3.00 bits per heavy atom. The quantitative estimate of drug-likeness (QED) is 0.869. The van der Waals surface area contributed by atoms with E-state index in [0.717, 1.165) is 24.3 Å². The van der Waals surface area contributed by atoms with E-state index in [-0.39, 0.29) is 0 Å². The van der Waals surface area contributed by atoms with Crippen LogP contribution in [0.4, 0.5) is 0 Å². The van der Waals surface area contributed by atoms with Gasteiger partial charge in [-0.1, -0.05) is 19.8 Å². The van der Waals surface area contributed by atoms with Gasteiger partial charge in [-0.25, -0.2) is 9.67 Å². The molecule has 0 aromatic carbocycles. The molecule has 1 heterocycles. The van der Waals surface area contributed by atoms with E-state index in [9.17, 15) is 0 Å². The van der Waals surface area contributed by atoms with Gasteiger partial charge in [-0.05, 0) is 31.6 Å². The standard InChI is InChI=1S/C13H22N4/c1-10-3-2-4-12(7-10)17-9-15-13(16-17)8-14-11-5-6-11/h9-12,14H,2-8H2,1H3. The molecule has 0 radical (unpaired) electrons. The molecule has 2 fully saturated rings. The second-order valence-corrected chi connectivity index (χ2v) is 5.72. The van der Waals surface area contributed by atoms with Gasteiger partial charge in [-0.15, -0.1) is 0 Å². The molecule has 0 amide bonds. The van der Waals surface area contributed by atoms with Gasteiger partial charge in [-0.3, -0.25) is 0 Å². The van der Waals surface area contributed by atoms with Crippen molar-refractivity contribution in [1.82, 2.24) is 20.1 Å². The van der Waals surface area contributed by atoms with Crippen molar-refractivity contribution < 1.29 is 0 Å². The Bertz CT molecular complexity index is 369. The second-order valence-electron chi connectivity index (χ2n) is 5.72. The molecule has 2 aliphatic carbocycles. The van der Waals surface area contributed by atoms with Gasteiger partial charge in [0.1, 0.15) is 6.33 Å². The fourth-order valence-electron chi connectivity index (χ4n) is 2.73. The number of aromatic nitrogens is 3. The van der Waals surface area contributed by atoms with Crippen LogP contribution >= 0.6 is 0 Å². The van der Waals surface area contributed by atoms with Crippen LogP contribution in [-0.4, -0.2) is 20.8 Å². The first-order chi connectivity index (χ1) is 8.31. The maximum atomic E-state index is 4.61. The van der Waals surface area contributed by atoms with Crippen molar-refractivity contribution in [3.05, 3.63) is 12.2 Å².